The zero-order valence-electron chi connectivity index (χ0n) is 12.1. The number of rotatable bonds is 7. The fourth-order valence-electron chi connectivity index (χ4n) is 2.53. The molecular formula is C15H24N2O2S. The Morgan fingerprint density at radius 1 is 1.15 bits per heavy atom. The minimum Gasteiger partial charge on any atom is -0.313 e. The van der Waals surface area contributed by atoms with E-state index in [9.17, 15) is 8.42 Å². The van der Waals surface area contributed by atoms with E-state index in [2.05, 4.69) is 17.0 Å². The molecule has 0 aliphatic heterocycles. The van der Waals surface area contributed by atoms with Crippen molar-refractivity contribution in [3.8, 4) is 0 Å². The molecule has 0 saturated heterocycles. The van der Waals surface area contributed by atoms with Crippen LogP contribution in [-0.2, 0) is 16.6 Å². The zero-order chi connectivity index (χ0) is 14.4. The molecule has 1 saturated carbocycles. The van der Waals surface area contributed by atoms with Crippen LogP contribution in [0.5, 0.6) is 0 Å². The van der Waals surface area contributed by atoms with Gasteiger partial charge in [-0.15, -0.1) is 0 Å². The summed E-state index contributed by atoms with van der Waals surface area (Å²) in [6, 6.07) is 7.27. The summed E-state index contributed by atoms with van der Waals surface area (Å²) in [7, 11) is -3.36. The molecule has 0 radical (unpaired) electrons. The molecule has 2 N–H and O–H groups in total. The van der Waals surface area contributed by atoms with Crippen molar-refractivity contribution in [2.45, 2.75) is 56.5 Å². The SMILES string of the molecule is CCCNCc1ccc(S(=O)(=O)NC2CCCC2)cc1. The van der Waals surface area contributed by atoms with Gasteiger partial charge in [-0.3, -0.25) is 0 Å². The summed E-state index contributed by atoms with van der Waals surface area (Å²) in [4.78, 5) is 0.364. The van der Waals surface area contributed by atoms with Crippen molar-refractivity contribution in [2.24, 2.45) is 0 Å². The van der Waals surface area contributed by atoms with Gasteiger partial charge in [0.05, 0.1) is 4.90 Å². The van der Waals surface area contributed by atoms with Crippen molar-refractivity contribution in [3.63, 3.8) is 0 Å². The van der Waals surface area contributed by atoms with Crippen LogP contribution in [0.15, 0.2) is 29.2 Å². The Balaban J connectivity index is 1.97. The molecule has 2 rings (SSSR count). The van der Waals surface area contributed by atoms with E-state index in [0.717, 1.165) is 50.8 Å². The molecule has 20 heavy (non-hydrogen) atoms. The van der Waals surface area contributed by atoms with Crippen LogP contribution in [0.2, 0.25) is 0 Å². The Labute approximate surface area is 122 Å². The second kappa shape index (κ2) is 7.20. The van der Waals surface area contributed by atoms with E-state index in [1.807, 2.05) is 12.1 Å². The number of hydrogen-bond donors (Lipinski definition) is 2. The van der Waals surface area contributed by atoms with Crippen molar-refractivity contribution in [1.82, 2.24) is 10.0 Å². The van der Waals surface area contributed by atoms with Crippen LogP contribution >= 0.6 is 0 Å². The lowest BCUT2D eigenvalue weighted by Crippen LogP contribution is -2.32. The lowest BCUT2D eigenvalue weighted by Gasteiger charge is -2.13. The van der Waals surface area contributed by atoms with Gasteiger partial charge < -0.3 is 5.32 Å². The molecule has 1 fully saturated rings. The first-order valence-electron chi connectivity index (χ1n) is 7.44. The first-order valence-corrected chi connectivity index (χ1v) is 8.92. The molecule has 112 valence electrons. The summed E-state index contributed by atoms with van der Waals surface area (Å²) in [5.74, 6) is 0. The molecule has 0 spiro atoms. The molecular weight excluding hydrogens is 272 g/mol. The summed E-state index contributed by atoms with van der Waals surface area (Å²) >= 11 is 0. The quantitative estimate of drug-likeness (QED) is 0.760. The topological polar surface area (TPSA) is 58.2 Å². The monoisotopic (exact) mass is 296 g/mol. The predicted octanol–water partition coefficient (Wildman–Crippen LogP) is 2.41. The first-order chi connectivity index (χ1) is 9.62. The van der Waals surface area contributed by atoms with Gasteiger partial charge in [-0.05, 0) is 43.5 Å². The highest BCUT2D eigenvalue weighted by molar-refractivity contribution is 7.89. The summed E-state index contributed by atoms with van der Waals surface area (Å²) in [6.07, 6.45) is 5.25. The maximum absolute atomic E-state index is 12.2. The molecule has 0 aromatic heterocycles. The molecule has 0 heterocycles. The molecule has 5 heteroatoms. The van der Waals surface area contributed by atoms with Gasteiger partial charge in [-0.2, -0.15) is 0 Å². The van der Waals surface area contributed by atoms with E-state index in [-0.39, 0.29) is 6.04 Å². The number of hydrogen-bond acceptors (Lipinski definition) is 3. The lowest BCUT2D eigenvalue weighted by molar-refractivity contribution is 0.552. The van der Waals surface area contributed by atoms with E-state index in [1.54, 1.807) is 12.1 Å². The van der Waals surface area contributed by atoms with Crippen molar-refractivity contribution < 1.29 is 8.42 Å². The molecule has 1 aliphatic carbocycles. The van der Waals surface area contributed by atoms with Crippen molar-refractivity contribution in [3.05, 3.63) is 29.8 Å². The average Bonchev–Trinajstić information content (AvgIpc) is 2.92. The second-order valence-electron chi connectivity index (χ2n) is 5.42. The van der Waals surface area contributed by atoms with Gasteiger partial charge in [0.1, 0.15) is 0 Å². The Morgan fingerprint density at radius 3 is 2.40 bits per heavy atom. The van der Waals surface area contributed by atoms with E-state index in [0.29, 0.717) is 4.90 Å². The Kier molecular flexibility index (Phi) is 5.57. The Morgan fingerprint density at radius 2 is 1.80 bits per heavy atom. The molecule has 0 bridgehead atoms. The molecule has 0 atom stereocenters. The lowest BCUT2D eigenvalue weighted by atomic mass is 10.2. The number of nitrogens with one attached hydrogen (secondary N) is 2. The first kappa shape index (κ1) is 15.5. The van der Waals surface area contributed by atoms with E-state index >= 15 is 0 Å². The van der Waals surface area contributed by atoms with E-state index in [1.165, 1.54) is 0 Å². The molecule has 1 aromatic carbocycles. The maximum Gasteiger partial charge on any atom is 0.240 e. The third-order valence-corrected chi connectivity index (χ3v) is 5.20. The van der Waals surface area contributed by atoms with Gasteiger partial charge in [0.15, 0.2) is 0 Å². The largest absolute Gasteiger partial charge is 0.313 e. The van der Waals surface area contributed by atoms with Gasteiger partial charge in [-0.25, -0.2) is 13.1 Å². The fraction of sp³-hybridized carbons (Fsp3) is 0.600. The Hall–Kier alpha value is -0.910. The number of sulfonamides is 1. The van der Waals surface area contributed by atoms with Crippen LogP contribution in [0.3, 0.4) is 0 Å². The van der Waals surface area contributed by atoms with Crippen LogP contribution in [0, 0.1) is 0 Å². The molecule has 1 aliphatic rings. The van der Waals surface area contributed by atoms with E-state index < -0.39 is 10.0 Å². The van der Waals surface area contributed by atoms with Crippen LogP contribution in [-0.4, -0.2) is 21.0 Å². The second-order valence-corrected chi connectivity index (χ2v) is 7.14. The van der Waals surface area contributed by atoms with Gasteiger partial charge >= 0.3 is 0 Å². The highest BCUT2D eigenvalue weighted by Gasteiger charge is 2.22. The minimum absolute atomic E-state index is 0.117. The van der Waals surface area contributed by atoms with Crippen molar-refractivity contribution in [1.29, 1.82) is 0 Å². The minimum atomic E-state index is -3.36. The van der Waals surface area contributed by atoms with Crippen LogP contribution < -0.4 is 10.0 Å². The highest BCUT2D eigenvalue weighted by atomic mass is 32.2. The summed E-state index contributed by atoms with van der Waals surface area (Å²) < 4.78 is 27.3. The van der Waals surface area contributed by atoms with E-state index in [4.69, 9.17) is 0 Å². The third-order valence-electron chi connectivity index (χ3n) is 3.67. The van der Waals surface area contributed by atoms with Gasteiger partial charge in [0.25, 0.3) is 0 Å². The van der Waals surface area contributed by atoms with Gasteiger partial charge in [0.2, 0.25) is 10.0 Å². The maximum atomic E-state index is 12.2. The van der Waals surface area contributed by atoms with Crippen LogP contribution in [0.1, 0.15) is 44.6 Å². The highest BCUT2D eigenvalue weighted by Crippen LogP contribution is 2.20. The van der Waals surface area contributed by atoms with Crippen molar-refractivity contribution >= 4 is 10.0 Å². The molecule has 1 aromatic rings. The number of benzene rings is 1. The third kappa shape index (κ3) is 4.30. The fourth-order valence-corrected chi connectivity index (χ4v) is 3.83. The van der Waals surface area contributed by atoms with Crippen LogP contribution in [0.25, 0.3) is 0 Å². The summed E-state index contributed by atoms with van der Waals surface area (Å²) in [6.45, 7) is 3.88. The molecule has 4 nitrogen and oxygen atoms in total. The Bertz CT molecular complexity index is 505. The molecule has 0 amide bonds. The summed E-state index contributed by atoms with van der Waals surface area (Å²) in [5.41, 5.74) is 1.11. The predicted molar refractivity (Wildman–Crippen MR) is 81.0 cm³/mol. The van der Waals surface area contributed by atoms with Crippen molar-refractivity contribution in [2.75, 3.05) is 6.54 Å². The standard InChI is InChI=1S/C15H24N2O2S/c1-2-11-16-12-13-7-9-15(10-8-13)20(18,19)17-14-5-3-4-6-14/h7-10,14,16-17H,2-6,11-12H2,1H3. The normalized spacial score (nSPS) is 16.6. The van der Waals surface area contributed by atoms with Gasteiger partial charge in [-0.1, -0.05) is 31.9 Å². The van der Waals surface area contributed by atoms with Crippen LogP contribution in [0.4, 0.5) is 0 Å². The average molecular weight is 296 g/mol. The molecule has 0 unspecified atom stereocenters. The van der Waals surface area contributed by atoms with Gasteiger partial charge in [0, 0.05) is 12.6 Å². The summed E-state index contributed by atoms with van der Waals surface area (Å²) in [5, 5.41) is 3.30. The smallest absolute Gasteiger partial charge is 0.240 e. The zero-order valence-corrected chi connectivity index (χ0v) is 12.9.